The van der Waals surface area contributed by atoms with Crippen LogP contribution in [-0.4, -0.2) is 17.9 Å². The van der Waals surface area contributed by atoms with Gasteiger partial charge < -0.3 is 5.32 Å². The number of benzene rings is 1. The van der Waals surface area contributed by atoms with Gasteiger partial charge in [-0.1, -0.05) is 19.1 Å². The van der Waals surface area contributed by atoms with Gasteiger partial charge in [0.25, 0.3) is 0 Å². The van der Waals surface area contributed by atoms with E-state index in [0.29, 0.717) is 24.3 Å². The van der Waals surface area contributed by atoms with Crippen molar-refractivity contribution >= 4 is 5.78 Å². The van der Waals surface area contributed by atoms with Gasteiger partial charge in [0.1, 0.15) is 11.6 Å². The molecule has 2 saturated heterocycles. The number of nitrogens with one attached hydrogen (secondary N) is 1. The summed E-state index contributed by atoms with van der Waals surface area (Å²) in [7, 11) is 0. The maximum atomic E-state index is 13.1. The Morgan fingerprint density at radius 3 is 2.74 bits per heavy atom. The molecule has 0 saturated carbocycles. The second-order valence-corrected chi connectivity index (χ2v) is 5.79. The van der Waals surface area contributed by atoms with Crippen LogP contribution >= 0.6 is 0 Å². The van der Waals surface area contributed by atoms with E-state index in [1.54, 1.807) is 0 Å². The van der Waals surface area contributed by atoms with Crippen molar-refractivity contribution in [3.8, 4) is 0 Å². The summed E-state index contributed by atoms with van der Waals surface area (Å²) in [4.78, 5) is 12.3. The second kappa shape index (κ2) is 5.04. The van der Waals surface area contributed by atoms with Crippen molar-refractivity contribution < 1.29 is 9.18 Å². The SMILES string of the molecule is CCC(=O)[C@H]1[C@@H](c2ccc(F)cc2)C[C@@H]2CC[C@H]1N2. The fraction of sp³-hybridized carbons (Fsp3) is 0.562. The smallest absolute Gasteiger partial charge is 0.137 e. The summed E-state index contributed by atoms with van der Waals surface area (Å²) in [6.45, 7) is 1.94. The lowest BCUT2D eigenvalue weighted by molar-refractivity contribution is -0.124. The van der Waals surface area contributed by atoms with Crippen LogP contribution in [0.3, 0.4) is 0 Å². The van der Waals surface area contributed by atoms with Gasteiger partial charge >= 0.3 is 0 Å². The standard InChI is InChI=1S/C16H20FNO/c1-2-15(19)16-13(9-12-7-8-14(16)18-12)10-3-5-11(17)6-4-10/h3-6,12-14,16,18H,2,7-9H2,1H3/t12-,13+,14+,16-/m0/s1. The van der Waals surface area contributed by atoms with E-state index < -0.39 is 0 Å². The van der Waals surface area contributed by atoms with Gasteiger partial charge in [-0.15, -0.1) is 0 Å². The normalized spacial score (nSPS) is 33.4. The lowest BCUT2D eigenvalue weighted by Gasteiger charge is -2.37. The molecule has 3 rings (SSSR count). The highest BCUT2D eigenvalue weighted by Crippen LogP contribution is 2.42. The predicted octanol–water partition coefficient (Wildman–Crippen LogP) is 3.03. The Bertz CT molecular complexity index is 470. The summed E-state index contributed by atoms with van der Waals surface area (Å²) >= 11 is 0. The number of carbonyl (C=O) groups is 1. The highest BCUT2D eigenvalue weighted by molar-refractivity contribution is 5.82. The minimum absolute atomic E-state index is 0.0641. The molecule has 4 atom stereocenters. The molecule has 2 aliphatic rings. The lowest BCUT2D eigenvalue weighted by atomic mass is 9.74. The number of Topliss-reactive ketones (excluding diaryl/α,β-unsaturated/α-hetero) is 1. The number of halogens is 1. The van der Waals surface area contributed by atoms with Crippen LogP contribution in [0.4, 0.5) is 4.39 Å². The molecule has 0 unspecified atom stereocenters. The van der Waals surface area contributed by atoms with E-state index in [2.05, 4.69) is 5.32 Å². The van der Waals surface area contributed by atoms with Crippen LogP contribution in [0.15, 0.2) is 24.3 Å². The summed E-state index contributed by atoms with van der Waals surface area (Å²) in [5, 5.41) is 3.57. The van der Waals surface area contributed by atoms with E-state index in [9.17, 15) is 9.18 Å². The number of piperidine rings is 1. The van der Waals surface area contributed by atoms with Gasteiger partial charge in [-0.05, 0) is 42.9 Å². The van der Waals surface area contributed by atoms with E-state index in [1.807, 2.05) is 19.1 Å². The summed E-state index contributed by atoms with van der Waals surface area (Å²) < 4.78 is 13.1. The van der Waals surface area contributed by atoms with Crippen LogP contribution in [0, 0.1) is 11.7 Å². The van der Waals surface area contributed by atoms with Crippen LogP contribution in [0.2, 0.25) is 0 Å². The molecule has 0 aromatic heterocycles. The van der Waals surface area contributed by atoms with Crippen molar-refractivity contribution in [1.82, 2.24) is 5.32 Å². The average Bonchev–Trinajstić information content (AvgIpc) is 2.80. The highest BCUT2D eigenvalue weighted by Gasteiger charge is 2.44. The molecule has 1 aromatic rings. The first-order valence-electron chi connectivity index (χ1n) is 7.23. The molecule has 2 aliphatic heterocycles. The Kier molecular flexibility index (Phi) is 3.40. The molecule has 2 nitrogen and oxygen atoms in total. The Labute approximate surface area is 113 Å². The number of hydrogen-bond acceptors (Lipinski definition) is 2. The first kappa shape index (κ1) is 12.8. The Morgan fingerprint density at radius 2 is 2.05 bits per heavy atom. The maximum Gasteiger partial charge on any atom is 0.137 e. The molecule has 0 aliphatic carbocycles. The van der Waals surface area contributed by atoms with Crippen LogP contribution in [0.5, 0.6) is 0 Å². The molecule has 1 N–H and O–H groups in total. The summed E-state index contributed by atoms with van der Waals surface area (Å²) in [6, 6.07) is 7.56. The number of fused-ring (bicyclic) bond motifs is 2. The lowest BCUT2D eigenvalue weighted by Crippen LogP contribution is -2.47. The minimum atomic E-state index is -0.209. The molecule has 2 fully saturated rings. The Morgan fingerprint density at radius 1 is 1.32 bits per heavy atom. The number of ketones is 1. The van der Waals surface area contributed by atoms with Crippen molar-refractivity contribution in [3.05, 3.63) is 35.6 Å². The third-order valence-corrected chi connectivity index (χ3v) is 4.70. The predicted molar refractivity (Wildman–Crippen MR) is 72.5 cm³/mol. The molecule has 2 bridgehead atoms. The van der Waals surface area contributed by atoms with Crippen molar-refractivity contribution in [2.24, 2.45) is 5.92 Å². The summed E-state index contributed by atoms with van der Waals surface area (Å²) in [5.41, 5.74) is 1.12. The van der Waals surface area contributed by atoms with Crippen molar-refractivity contribution in [1.29, 1.82) is 0 Å². The molecule has 0 spiro atoms. The molecular weight excluding hydrogens is 241 g/mol. The third-order valence-electron chi connectivity index (χ3n) is 4.70. The largest absolute Gasteiger partial charge is 0.310 e. The molecule has 1 aromatic carbocycles. The van der Waals surface area contributed by atoms with Crippen LogP contribution in [0.1, 0.15) is 44.1 Å². The molecule has 102 valence electrons. The fourth-order valence-corrected chi connectivity index (χ4v) is 3.79. The van der Waals surface area contributed by atoms with Crippen molar-refractivity contribution in [3.63, 3.8) is 0 Å². The average molecular weight is 261 g/mol. The summed E-state index contributed by atoms with van der Waals surface area (Å²) in [6.07, 6.45) is 3.85. The molecule has 19 heavy (non-hydrogen) atoms. The minimum Gasteiger partial charge on any atom is -0.310 e. The van der Waals surface area contributed by atoms with E-state index in [-0.39, 0.29) is 17.7 Å². The van der Waals surface area contributed by atoms with Crippen molar-refractivity contribution in [2.75, 3.05) is 0 Å². The fourth-order valence-electron chi connectivity index (χ4n) is 3.79. The first-order valence-corrected chi connectivity index (χ1v) is 7.23. The van der Waals surface area contributed by atoms with Crippen LogP contribution in [0.25, 0.3) is 0 Å². The zero-order chi connectivity index (χ0) is 13.4. The zero-order valence-corrected chi connectivity index (χ0v) is 11.2. The van der Waals surface area contributed by atoms with Gasteiger partial charge in [-0.2, -0.15) is 0 Å². The van der Waals surface area contributed by atoms with Gasteiger partial charge in [0.05, 0.1) is 0 Å². The molecular formula is C16H20FNO. The molecule has 2 heterocycles. The van der Waals surface area contributed by atoms with Gasteiger partial charge in [-0.25, -0.2) is 4.39 Å². The first-order chi connectivity index (χ1) is 9.19. The van der Waals surface area contributed by atoms with Gasteiger partial charge in [-0.3, -0.25) is 4.79 Å². The number of rotatable bonds is 3. The topological polar surface area (TPSA) is 29.1 Å². The zero-order valence-electron chi connectivity index (χ0n) is 11.2. The van der Waals surface area contributed by atoms with E-state index in [4.69, 9.17) is 0 Å². The van der Waals surface area contributed by atoms with Crippen molar-refractivity contribution in [2.45, 2.75) is 50.6 Å². The monoisotopic (exact) mass is 261 g/mol. The quantitative estimate of drug-likeness (QED) is 0.906. The van der Waals surface area contributed by atoms with Crippen LogP contribution in [-0.2, 0) is 4.79 Å². The van der Waals surface area contributed by atoms with E-state index >= 15 is 0 Å². The van der Waals surface area contributed by atoms with E-state index in [1.165, 1.54) is 12.1 Å². The summed E-state index contributed by atoms with van der Waals surface area (Å²) in [5.74, 6) is 0.451. The maximum absolute atomic E-state index is 13.1. The molecule has 3 heteroatoms. The van der Waals surface area contributed by atoms with Gasteiger partial charge in [0, 0.05) is 24.4 Å². The Balaban J connectivity index is 1.92. The highest BCUT2D eigenvalue weighted by atomic mass is 19.1. The molecule has 0 amide bonds. The van der Waals surface area contributed by atoms with Gasteiger partial charge in [0.15, 0.2) is 0 Å². The van der Waals surface area contributed by atoms with E-state index in [0.717, 1.165) is 24.8 Å². The Hall–Kier alpha value is -1.22. The number of carbonyl (C=O) groups excluding carboxylic acids is 1. The van der Waals surface area contributed by atoms with Gasteiger partial charge in [0.2, 0.25) is 0 Å². The second-order valence-electron chi connectivity index (χ2n) is 5.79. The van der Waals surface area contributed by atoms with Crippen LogP contribution < -0.4 is 5.32 Å². The molecule has 0 radical (unpaired) electrons. The third kappa shape index (κ3) is 2.32. The number of hydrogen-bond donors (Lipinski definition) is 1.